The van der Waals surface area contributed by atoms with Crippen LogP contribution >= 0.6 is 0 Å². The number of carbonyl (C=O) groups excluding carboxylic acids is 1. The zero-order chi connectivity index (χ0) is 17.1. The molecule has 3 rings (SSSR count). The summed E-state index contributed by atoms with van der Waals surface area (Å²) in [6, 6.07) is 10.1. The number of amides is 1. The van der Waals surface area contributed by atoms with Crippen molar-refractivity contribution in [1.82, 2.24) is 4.57 Å². The number of benzene rings is 1. The van der Waals surface area contributed by atoms with Crippen molar-refractivity contribution in [2.45, 2.75) is 38.0 Å². The highest BCUT2D eigenvalue weighted by Crippen LogP contribution is 2.35. The first-order chi connectivity index (χ1) is 11.7. The number of nitrogens with zero attached hydrogens (tertiary/aromatic N) is 3. The van der Waals surface area contributed by atoms with Gasteiger partial charge in [-0.25, -0.2) is 0 Å². The Morgan fingerprint density at radius 1 is 1.21 bits per heavy atom. The molecule has 2 aromatic rings. The van der Waals surface area contributed by atoms with Gasteiger partial charge in [-0.2, -0.15) is 5.26 Å². The van der Waals surface area contributed by atoms with Gasteiger partial charge in [0.15, 0.2) is 0 Å². The second-order valence-electron chi connectivity index (χ2n) is 6.34. The molecular weight excluding hydrogens is 302 g/mol. The first kappa shape index (κ1) is 16.1. The van der Waals surface area contributed by atoms with Crippen LogP contribution in [0.1, 0.15) is 59.6 Å². The first-order valence-electron chi connectivity index (χ1n) is 8.23. The third-order valence-electron chi connectivity index (χ3n) is 4.86. The fourth-order valence-corrected chi connectivity index (χ4v) is 3.66. The average Bonchev–Trinajstić information content (AvgIpc) is 2.98. The summed E-state index contributed by atoms with van der Waals surface area (Å²) in [6.45, 7) is 0. The number of nitriles is 1. The molecule has 1 saturated carbocycles. The van der Waals surface area contributed by atoms with E-state index >= 15 is 0 Å². The lowest BCUT2D eigenvalue weighted by atomic mass is 9.83. The van der Waals surface area contributed by atoms with Gasteiger partial charge in [0.2, 0.25) is 0 Å². The summed E-state index contributed by atoms with van der Waals surface area (Å²) in [5.41, 5.74) is 3.08. The molecule has 1 heterocycles. The van der Waals surface area contributed by atoms with Crippen molar-refractivity contribution in [3.8, 4) is 17.2 Å². The van der Waals surface area contributed by atoms with E-state index < -0.39 is 5.91 Å². The van der Waals surface area contributed by atoms with E-state index in [1.54, 1.807) is 13.2 Å². The van der Waals surface area contributed by atoms with Gasteiger partial charge in [0.1, 0.15) is 11.8 Å². The van der Waals surface area contributed by atoms with E-state index in [2.05, 4.69) is 23.4 Å². The number of aryl methyl sites for hydroxylation is 1. The number of aromatic nitrogens is 1. The molecule has 5 nitrogen and oxygen atoms in total. The topological polar surface area (TPSA) is 75.2 Å². The molecular formula is C19H19N3O2. The van der Waals surface area contributed by atoms with Crippen LogP contribution < -0.4 is 0 Å². The molecule has 5 heteroatoms. The van der Waals surface area contributed by atoms with Crippen LogP contribution in [0.4, 0.5) is 0 Å². The third-order valence-corrected chi connectivity index (χ3v) is 4.86. The number of hydrogen-bond donors (Lipinski definition) is 0. The molecule has 1 fully saturated rings. The SMILES string of the molecule is Cn1cc(C#N)c(-c2ccc(C3CCCCC3)cc2)c1C(=O)N=O. The highest BCUT2D eigenvalue weighted by Gasteiger charge is 2.23. The van der Waals surface area contributed by atoms with Crippen LogP contribution in [-0.2, 0) is 7.05 Å². The molecule has 1 aromatic heterocycles. The molecule has 24 heavy (non-hydrogen) atoms. The number of rotatable bonds is 3. The summed E-state index contributed by atoms with van der Waals surface area (Å²) in [5, 5.41) is 11.9. The molecule has 0 bridgehead atoms. The third kappa shape index (κ3) is 2.88. The Kier molecular flexibility index (Phi) is 4.57. The maximum Gasteiger partial charge on any atom is 0.333 e. The highest BCUT2D eigenvalue weighted by atomic mass is 16.3. The summed E-state index contributed by atoms with van der Waals surface area (Å²) >= 11 is 0. The fraction of sp³-hybridized carbons (Fsp3) is 0.368. The monoisotopic (exact) mass is 321 g/mol. The van der Waals surface area contributed by atoms with Crippen LogP contribution in [-0.4, -0.2) is 10.5 Å². The fourth-order valence-electron chi connectivity index (χ4n) is 3.66. The van der Waals surface area contributed by atoms with E-state index in [1.165, 1.54) is 42.2 Å². The maximum absolute atomic E-state index is 11.9. The maximum atomic E-state index is 11.9. The van der Waals surface area contributed by atoms with Gasteiger partial charge in [-0.3, -0.25) is 4.79 Å². The van der Waals surface area contributed by atoms with Gasteiger partial charge in [-0.15, -0.1) is 4.91 Å². The van der Waals surface area contributed by atoms with E-state index in [4.69, 9.17) is 0 Å². The Morgan fingerprint density at radius 2 is 1.88 bits per heavy atom. The molecule has 0 radical (unpaired) electrons. The molecule has 1 aliphatic carbocycles. The summed E-state index contributed by atoms with van der Waals surface area (Å²) < 4.78 is 1.49. The summed E-state index contributed by atoms with van der Waals surface area (Å²) in [4.78, 5) is 22.6. The van der Waals surface area contributed by atoms with Crippen molar-refractivity contribution in [1.29, 1.82) is 5.26 Å². The van der Waals surface area contributed by atoms with E-state index in [1.807, 2.05) is 12.1 Å². The predicted octanol–water partition coefficient (Wildman–Crippen LogP) is 4.52. The van der Waals surface area contributed by atoms with Gasteiger partial charge >= 0.3 is 5.91 Å². The number of nitroso groups, excluding NO2 is 1. The molecule has 0 spiro atoms. The minimum Gasteiger partial charge on any atom is -0.345 e. The normalized spacial score (nSPS) is 15.0. The molecule has 0 unspecified atom stereocenters. The Labute approximate surface area is 140 Å². The molecule has 0 aliphatic heterocycles. The Bertz CT molecular complexity index is 806. The van der Waals surface area contributed by atoms with Crippen molar-refractivity contribution in [2.24, 2.45) is 12.2 Å². The second kappa shape index (κ2) is 6.79. The first-order valence-corrected chi connectivity index (χ1v) is 8.23. The van der Waals surface area contributed by atoms with Gasteiger partial charge in [0.25, 0.3) is 0 Å². The Morgan fingerprint density at radius 3 is 2.46 bits per heavy atom. The summed E-state index contributed by atoms with van der Waals surface area (Å²) in [7, 11) is 1.64. The minimum atomic E-state index is -0.856. The van der Waals surface area contributed by atoms with E-state index in [0.29, 0.717) is 17.0 Å². The lowest BCUT2D eigenvalue weighted by Crippen LogP contribution is -2.05. The van der Waals surface area contributed by atoms with Crippen LogP contribution in [0, 0.1) is 16.2 Å². The quantitative estimate of drug-likeness (QED) is 0.780. The zero-order valence-electron chi connectivity index (χ0n) is 13.7. The van der Waals surface area contributed by atoms with Crippen LogP contribution in [0.5, 0.6) is 0 Å². The van der Waals surface area contributed by atoms with Gasteiger partial charge in [-0.1, -0.05) is 43.5 Å². The molecule has 1 amide bonds. The molecule has 0 N–H and O–H groups in total. The zero-order valence-corrected chi connectivity index (χ0v) is 13.7. The highest BCUT2D eigenvalue weighted by molar-refractivity contribution is 6.01. The van der Waals surface area contributed by atoms with Crippen molar-refractivity contribution >= 4 is 5.91 Å². The molecule has 0 saturated heterocycles. The van der Waals surface area contributed by atoms with Crippen LogP contribution in [0.15, 0.2) is 35.6 Å². The van der Waals surface area contributed by atoms with Crippen LogP contribution in [0.25, 0.3) is 11.1 Å². The van der Waals surface area contributed by atoms with Crippen LogP contribution in [0.3, 0.4) is 0 Å². The van der Waals surface area contributed by atoms with E-state index in [-0.39, 0.29) is 5.69 Å². The van der Waals surface area contributed by atoms with Gasteiger partial charge in [0, 0.05) is 24.0 Å². The lowest BCUT2D eigenvalue weighted by molar-refractivity contribution is 0.0994. The Balaban J connectivity index is 2.01. The minimum absolute atomic E-state index is 0.159. The van der Waals surface area contributed by atoms with Crippen molar-refractivity contribution in [3.05, 3.63) is 52.2 Å². The van der Waals surface area contributed by atoms with Crippen molar-refractivity contribution in [2.75, 3.05) is 0 Å². The number of carbonyl (C=O) groups is 1. The number of hydrogen-bond acceptors (Lipinski definition) is 3. The van der Waals surface area contributed by atoms with Gasteiger partial charge < -0.3 is 4.57 Å². The lowest BCUT2D eigenvalue weighted by Gasteiger charge is -2.22. The average molecular weight is 321 g/mol. The standard InChI is InChI=1S/C19H19N3O2/c1-22-12-16(11-20)17(18(22)19(23)21-24)15-9-7-14(8-10-15)13-5-3-2-4-6-13/h7-10,12-13H,2-6H2,1H3. The molecule has 1 aromatic carbocycles. The van der Waals surface area contributed by atoms with Crippen LogP contribution in [0.2, 0.25) is 0 Å². The molecule has 0 atom stereocenters. The Hall–Kier alpha value is -2.74. The van der Waals surface area contributed by atoms with Crippen molar-refractivity contribution < 1.29 is 4.79 Å². The van der Waals surface area contributed by atoms with E-state index in [9.17, 15) is 15.0 Å². The smallest absolute Gasteiger partial charge is 0.333 e. The molecule has 122 valence electrons. The summed E-state index contributed by atoms with van der Waals surface area (Å²) in [6.07, 6.45) is 7.84. The van der Waals surface area contributed by atoms with E-state index in [0.717, 1.165) is 5.56 Å². The predicted molar refractivity (Wildman–Crippen MR) is 91.5 cm³/mol. The summed E-state index contributed by atoms with van der Waals surface area (Å²) in [5.74, 6) is -0.262. The van der Waals surface area contributed by atoms with Gasteiger partial charge in [-0.05, 0) is 29.9 Å². The van der Waals surface area contributed by atoms with Gasteiger partial charge in [0.05, 0.1) is 5.56 Å². The van der Waals surface area contributed by atoms with Crippen molar-refractivity contribution in [3.63, 3.8) is 0 Å². The largest absolute Gasteiger partial charge is 0.345 e. The molecule has 1 aliphatic rings. The second-order valence-corrected chi connectivity index (χ2v) is 6.34.